The second-order valence-corrected chi connectivity index (χ2v) is 10.4. The number of thioether (sulfide) groups is 1. The Bertz CT molecular complexity index is 874. The number of halogens is 1. The first-order valence-corrected chi connectivity index (χ1v) is 10.6. The van der Waals surface area contributed by atoms with Crippen LogP contribution < -0.4 is 4.74 Å². The van der Waals surface area contributed by atoms with Crippen molar-refractivity contribution in [1.29, 1.82) is 0 Å². The molecule has 0 aromatic heterocycles. The van der Waals surface area contributed by atoms with Gasteiger partial charge in [-0.05, 0) is 26.0 Å². The molecule has 2 fully saturated rings. The van der Waals surface area contributed by atoms with E-state index in [4.69, 9.17) is 9.47 Å². The summed E-state index contributed by atoms with van der Waals surface area (Å²) in [6, 6.07) is 5.66. The largest absolute Gasteiger partial charge is 0.496 e. The molecule has 0 spiro atoms. The maximum absolute atomic E-state index is 13.1. The first-order chi connectivity index (χ1) is 13.6. The van der Waals surface area contributed by atoms with Crippen molar-refractivity contribution in [3.63, 3.8) is 0 Å². The maximum Gasteiger partial charge on any atom is 0.330 e. The van der Waals surface area contributed by atoms with Gasteiger partial charge >= 0.3 is 5.97 Å². The summed E-state index contributed by atoms with van der Waals surface area (Å²) in [7, 11) is 1.42. The van der Waals surface area contributed by atoms with Gasteiger partial charge in [-0.1, -0.05) is 40.7 Å². The fourth-order valence-electron chi connectivity index (χ4n) is 3.68. The molecule has 2 aliphatic rings. The number of esters is 1. The van der Waals surface area contributed by atoms with Crippen molar-refractivity contribution >= 4 is 45.4 Å². The Balaban J connectivity index is 1.89. The Hall–Kier alpha value is -1.84. The van der Waals surface area contributed by atoms with Gasteiger partial charge in [-0.25, -0.2) is 4.79 Å². The van der Waals surface area contributed by atoms with Gasteiger partial charge in [-0.2, -0.15) is 0 Å². The molecule has 156 valence electrons. The molecule has 0 aliphatic carbocycles. The average molecular weight is 484 g/mol. The average Bonchev–Trinajstić information content (AvgIpc) is 2.99. The molecule has 9 heteroatoms. The molecule has 1 N–H and O–H groups in total. The number of hydrogen-bond acceptors (Lipinski definition) is 7. The quantitative estimate of drug-likeness (QED) is 0.209. The summed E-state index contributed by atoms with van der Waals surface area (Å²) in [5.74, 6) is -1.40. The van der Waals surface area contributed by atoms with Crippen LogP contribution in [0.15, 0.2) is 36.9 Å². The fourth-order valence-corrected chi connectivity index (χ4v) is 6.24. The Morgan fingerprint density at radius 1 is 1.41 bits per heavy atom. The van der Waals surface area contributed by atoms with Crippen molar-refractivity contribution in [3.8, 4) is 5.75 Å². The minimum Gasteiger partial charge on any atom is -0.496 e. The number of amides is 1. The molecule has 2 aliphatic heterocycles. The van der Waals surface area contributed by atoms with Crippen LogP contribution in [-0.4, -0.2) is 68.0 Å². The van der Waals surface area contributed by atoms with Crippen molar-refractivity contribution in [1.82, 2.24) is 4.90 Å². The van der Waals surface area contributed by atoms with E-state index in [0.29, 0.717) is 5.75 Å². The number of methoxy groups -OCH3 is 1. The van der Waals surface area contributed by atoms with E-state index in [0.717, 1.165) is 0 Å². The lowest BCUT2D eigenvalue weighted by molar-refractivity contribution is -0.166. The highest BCUT2D eigenvalue weighted by Gasteiger charge is 2.74. The third kappa shape index (κ3) is 3.29. The van der Waals surface area contributed by atoms with Gasteiger partial charge < -0.3 is 19.5 Å². The molecule has 29 heavy (non-hydrogen) atoms. The number of ketones is 1. The van der Waals surface area contributed by atoms with E-state index in [2.05, 4.69) is 22.5 Å². The van der Waals surface area contributed by atoms with Crippen LogP contribution in [-0.2, 0) is 14.3 Å². The van der Waals surface area contributed by atoms with E-state index >= 15 is 0 Å². The summed E-state index contributed by atoms with van der Waals surface area (Å²) < 4.78 is 8.15. The Labute approximate surface area is 181 Å². The molecular weight excluding hydrogens is 462 g/mol. The third-order valence-corrected chi connectivity index (χ3v) is 8.27. The van der Waals surface area contributed by atoms with Gasteiger partial charge in [-0.3, -0.25) is 9.59 Å². The lowest BCUT2D eigenvalue weighted by Gasteiger charge is -2.51. The van der Waals surface area contributed by atoms with E-state index in [1.807, 2.05) is 13.8 Å². The van der Waals surface area contributed by atoms with E-state index in [9.17, 15) is 19.5 Å². The number of para-hydroxylation sites is 1. The number of alkyl halides is 1. The van der Waals surface area contributed by atoms with E-state index in [1.165, 1.54) is 35.9 Å². The molecule has 7 nitrogen and oxygen atoms in total. The van der Waals surface area contributed by atoms with Crippen LogP contribution in [0.25, 0.3) is 0 Å². The van der Waals surface area contributed by atoms with Gasteiger partial charge in [0.2, 0.25) is 5.91 Å². The van der Waals surface area contributed by atoms with Gasteiger partial charge in [0, 0.05) is 4.75 Å². The topological polar surface area (TPSA) is 93.1 Å². The SMILES string of the molecule is C=CCOC(=O)[C@@H]1N2C(=O)[C@@](Br)(C(O)C(=O)c3ccccc3OC)[C@H]2SC1(C)C. The van der Waals surface area contributed by atoms with Crippen LogP contribution in [0, 0.1) is 0 Å². The number of aliphatic hydroxyl groups excluding tert-OH is 1. The van der Waals surface area contributed by atoms with Crippen molar-refractivity contribution in [2.75, 3.05) is 13.7 Å². The van der Waals surface area contributed by atoms with Crippen LogP contribution in [0.4, 0.5) is 0 Å². The molecule has 3 rings (SSSR count). The van der Waals surface area contributed by atoms with Gasteiger partial charge in [0.15, 0.2) is 10.1 Å². The zero-order valence-corrected chi connectivity index (χ0v) is 18.7. The summed E-state index contributed by atoms with van der Waals surface area (Å²) in [5.41, 5.74) is 0.178. The van der Waals surface area contributed by atoms with Crippen LogP contribution in [0.2, 0.25) is 0 Å². The number of carbonyl (C=O) groups is 3. The number of benzene rings is 1. The first kappa shape index (κ1) is 21.9. The van der Waals surface area contributed by atoms with Crippen LogP contribution in [0.5, 0.6) is 5.75 Å². The number of β-lactam (4-membered cyclic amide) rings is 1. The van der Waals surface area contributed by atoms with Gasteiger partial charge in [0.05, 0.1) is 12.7 Å². The van der Waals surface area contributed by atoms with E-state index in [1.54, 1.807) is 18.2 Å². The Kier molecular flexibility index (Phi) is 5.86. The highest BCUT2D eigenvalue weighted by Crippen LogP contribution is 2.59. The molecule has 1 amide bonds. The molecule has 1 aromatic carbocycles. The normalized spacial score (nSPS) is 28.2. The number of ether oxygens (including phenoxy) is 2. The lowest BCUT2D eigenvalue weighted by atomic mass is 9.84. The molecule has 1 unspecified atom stereocenters. The van der Waals surface area contributed by atoms with Crippen molar-refractivity contribution < 1.29 is 29.0 Å². The molecule has 1 aromatic rings. The molecule has 2 saturated heterocycles. The van der Waals surface area contributed by atoms with E-state index < -0.39 is 44.3 Å². The van der Waals surface area contributed by atoms with Crippen LogP contribution >= 0.6 is 27.7 Å². The van der Waals surface area contributed by atoms with E-state index in [-0.39, 0.29) is 12.2 Å². The predicted octanol–water partition coefficient (Wildman–Crippen LogP) is 2.16. The third-order valence-electron chi connectivity index (χ3n) is 5.11. The number of nitrogens with zero attached hydrogens (tertiary/aromatic N) is 1. The summed E-state index contributed by atoms with van der Waals surface area (Å²) in [6.07, 6.45) is -0.203. The summed E-state index contributed by atoms with van der Waals surface area (Å²) in [5, 5.41) is 10.3. The fraction of sp³-hybridized carbons (Fsp3) is 0.450. The standard InChI is InChI=1S/C20H22BrNO6S/c1-5-10-28-16(25)14-19(2,3)29-18-20(21,17(26)22(14)18)15(24)13(23)11-8-6-7-9-12(11)27-4/h5-9,14-15,18,24H,1,10H2,2-4H3/t14-,15?,18+,20-/m0/s1. The smallest absolute Gasteiger partial charge is 0.330 e. The number of fused-ring (bicyclic) bond motifs is 1. The zero-order chi connectivity index (χ0) is 21.6. The number of rotatable bonds is 7. The summed E-state index contributed by atoms with van der Waals surface area (Å²) in [4.78, 5) is 40.0. The van der Waals surface area contributed by atoms with Gasteiger partial charge in [0.25, 0.3) is 0 Å². The maximum atomic E-state index is 13.1. The lowest BCUT2D eigenvalue weighted by Crippen LogP contribution is -2.75. The van der Waals surface area contributed by atoms with Gasteiger partial charge in [0.1, 0.15) is 29.9 Å². The molecular formula is C20H22BrNO6S. The van der Waals surface area contributed by atoms with Crippen LogP contribution in [0.1, 0.15) is 24.2 Å². The van der Waals surface area contributed by atoms with Crippen molar-refractivity contribution in [3.05, 3.63) is 42.5 Å². The highest BCUT2D eigenvalue weighted by molar-refractivity contribution is 9.10. The number of carbonyl (C=O) groups excluding carboxylic acids is 3. The predicted molar refractivity (Wildman–Crippen MR) is 112 cm³/mol. The minimum atomic E-state index is -1.65. The number of hydrogen-bond donors (Lipinski definition) is 1. The molecule has 0 bridgehead atoms. The molecule has 0 saturated carbocycles. The minimum absolute atomic E-state index is 0.0388. The summed E-state index contributed by atoms with van der Waals surface area (Å²) >= 11 is 4.68. The molecule has 4 atom stereocenters. The summed E-state index contributed by atoms with van der Waals surface area (Å²) in [6.45, 7) is 7.20. The van der Waals surface area contributed by atoms with Crippen molar-refractivity contribution in [2.24, 2.45) is 0 Å². The second-order valence-electron chi connectivity index (χ2n) is 7.34. The van der Waals surface area contributed by atoms with Crippen LogP contribution in [0.3, 0.4) is 0 Å². The number of Topliss-reactive ketones (excluding diaryl/α,β-unsaturated/α-hetero) is 1. The second kappa shape index (κ2) is 7.77. The first-order valence-electron chi connectivity index (χ1n) is 8.93. The number of aliphatic hydroxyl groups is 1. The Morgan fingerprint density at radius 2 is 2.07 bits per heavy atom. The molecule has 0 radical (unpaired) electrons. The highest BCUT2D eigenvalue weighted by atomic mass is 79.9. The zero-order valence-electron chi connectivity index (χ0n) is 16.3. The Morgan fingerprint density at radius 3 is 2.69 bits per heavy atom. The van der Waals surface area contributed by atoms with Gasteiger partial charge in [-0.15, -0.1) is 11.8 Å². The monoisotopic (exact) mass is 483 g/mol. The van der Waals surface area contributed by atoms with Crippen molar-refractivity contribution in [2.45, 2.75) is 40.4 Å². The molecule has 2 heterocycles.